The lowest BCUT2D eigenvalue weighted by Crippen LogP contribution is -2.11. The number of hydrogen-bond donors (Lipinski definition) is 0. The van der Waals surface area contributed by atoms with E-state index in [-0.39, 0.29) is 0 Å². The van der Waals surface area contributed by atoms with E-state index in [2.05, 4.69) is 5.10 Å². The van der Waals surface area contributed by atoms with Gasteiger partial charge in [-0.3, -0.25) is 9.48 Å². The first-order valence-corrected chi connectivity index (χ1v) is 5.49. The van der Waals surface area contributed by atoms with E-state index < -0.39 is 0 Å². The first-order valence-electron chi connectivity index (χ1n) is 5.49. The van der Waals surface area contributed by atoms with Gasteiger partial charge in [0.2, 0.25) is 0 Å². The van der Waals surface area contributed by atoms with E-state index in [1.54, 1.807) is 18.0 Å². The van der Waals surface area contributed by atoms with E-state index in [1.807, 2.05) is 0 Å². The minimum absolute atomic E-state index is 0.547. The molecule has 1 aromatic rings. The highest BCUT2D eigenvalue weighted by Gasteiger charge is 1.96. The zero-order valence-corrected chi connectivity index (χ0v) is 10.0. The molecule has 6 heteroatoms. The van der Waals surface area contributed by atoms with Crippen LogP contribution in [-0.2, 0) is 20.8 Å². The molecule has 0 bridgehead atoms. The molecule has 6 nitrogen and oxygen atoms in total. The summed E-state index contributed by atoms with van der Waals surface area (Å²) in [5.41, 5.74) is 0.577. The van der Waals surface area contributed by atoms with E-state index in [9.17, 15) is 4.79 Å². The summed E-state index contributed by atoms with van der Waals surface area (Å²) >= 11 is 0. The van der Waals surface area contributed by atoms with Crippen molar-refractivity contribution < 1.29 is 19.0 Å². The Morgan fingerprint density at radius 3 is 2.59 bits per heavy atom. The van der Waals surface area contributed by atoms with E-state index in [0.717, 1.165) is 6.29 Å². The molecule has 0 saturated carbocycles. The molecule has 96 valence electrons. The Balaban J connectivity index is 1.95. The van der Waals surface area contributed by atoms with Crippen LogP contribution < -0.4 is 0 Å². The van der Waals surface area contributed by atoms with Crippen molar-refractivity contribution in [3.05, 3.63) is 18.0 Å². The molecule has 17 heavy (non-hydrogen) atoms. The summed E-state index contributed by atoms with van der Waals surface area (Å²) in [5, 5.41) is 4.00. The largest absolute Gasteiger partial charge is 0.382 e. The van der Waals surface area contributed by atoms with Gasteiger partial charge in [-0.2, -0.15) is 5.10 Å². The van der Waals surface area contributed by atoms with Crippen molar-refractivity contribution in [3.63, 3.8) is 0 Å². The van der Waals surface area contributed by atoms with Gasteiger partial charge in [0.05, 0.1) is 51.3 Å². The minimum atomic E-state index is 0.547. The van der Waals surface area contributed by atoms with Crippen molar-refractivity contribution in [1.29, 1.82) is 0 Å². The van der Waals surface area contributed by atoms with Gasteiger partial charge in [0.15, 0.2) is 6.29 Å². The molecule has 0 aliphatic rings. The van der Waals surface area contributed by atoms with Crippen LogP contribution in [0.2, 0.25) is 0 Å². The molecular weight excluding hydrogens is 224 g/mol. The fourth-order valence-electron chi connectivity index (χ4n) is 1.19. The van der Waals surface area contributed by atoms with Crippen LogP contribution in [0.3, 0.4) is 0 Å². The summed E-state index contributed by atoms with van der Waals surface area (Å²) in [6.45, 7) is 3.47. The first kappa shape index (κ1) is 13.8. The Morgan fingerprint density at radius 1 is 1.24 bits per heavy atom. The van der Waals surface area contributed by atoms with Gasteiger partial charge in [0.1, 0.15) is 0 Å². The molecule has 0 unspecified atom stereocenters. The fourth-order valence-corrected chi connectivity index (χ4v) is 1.19. The van der Waals surface area contributed by atoms with Crippen molar-refractivity contribution in [1.82, 2.24) is 9.78 Å². The number of carbonyl (C=O) groups is 1. The number of nitrogens with zero attached hydrogens (tertiary/aromatic N) is 2. The number of ether oxygens (including phenoxy) is 3. The molecule has 0 spiro atoms. The summed E-state index contributed by atoms with van der Waals surface area (Å²) in [4.78, 5) is 10.4. The molecule has 0 aliphatic heterocycles. The third-order valence-electron chi connectivity index (χ3n) is 2.06. The van der Waals surface area contributed by atoms with E-state index in [0.29, 0.717) is 45.1 Å². The standard InChI is InChI=1S/C11H18N2O4/c1-15-4-5-17-7-6-16-3-2-13-9-11(10-14)8-12-13/h8-10H,2-7H2,1H3. The maximum atomic E-state index is 10.4. The highest BCUT2D eigenvalue weighted by atomic mass is 16.5. The molecule has 0 amide bonds. The van der Waals surface area contributed by atoms with Crippen molar-refractivity contribution in [2.24, 2.45) is 0 Å². The van der Waals surface area contributed by atoms with Crippen molar-refractivity contribution >= 4 is 6.29 Å². The quantitative estimate of drug-likeness (QED) is 0.438. The summed E-state index contributed by atoms with van der Waals surface area (Å²) < 4.78 is 17.1. The van der Waals surface area contributed by atoms with Crippen molar-refractivity contribution in [2.75, 3.05) is 40.1 Å². The molecule has 1 rings (SSSR count). The summed E-state index contributed by atoms with van der Waals surface area (Å²) in [7, 11) is 1.64. The predicted molar refractivity (Wildman–Crippen MR) is 61.1 cm³/mol. The zero-order chi connectivity index (χ0) is 12.3. The maximum Gasteiger partial charge on any atom is 0.153 e. The van der Waals surface area contributed by atoms with Gasteiger partial charge >= 0.3 is 0 Å². The fraction of sp³-hybridized carbons (Fsp3) is 0.636. The maximum absolute atomic E-state index is 10.4. The third kappa shape index (κ3) is 6.15. The van der Waals surface area contributed by atoms with E-state index >= 15 is 0 Å². The molecule has 0 aromatic carbocycles. The lowest BCUT2D eigenvalue weighted by atomic mass is 10.4. The van der Waals surface area contributed by atoms with Gasteiger partial charge in [-0.05, 0) is 0 Å². The van der Waals surface area contributed by atoms with Crippen LogP contribution in [0.15, 0.2) is 12.4 Å². The molecule has 0 radical (unpaired) electrons. The topological polar surface area (TPSA) is 62.6 Å². The molecule has 1 heterocycles. The second-order valence-electron chi connectivity index (χ2n) is 3.37. The Hall–Kier alpha value is -1.24. The Bertz CT molecular complexity index is 314. The highest BCUT2D eigenvalue weighted by Crippen LogP contribution is 1.93. The first-order chi connectivity index (χ1) is 8.36. The van der Waals surface area contributed by atoms with Crippen LogP contribution in [0.4, 0.5) is 0 Å². The van der Waals surface area contributed by atoms with E-state index in [1.165, 1.54) is 6.20 Å². The van der Waals surface area contributed by atoms with E-state index in [4.69, 9.17) is 14.2 Å². The monoisotopic (exact) mass is 242 g/mol. The summed E-state index contributed by atoms with van der Waals surface area (Å²) in [6.07, 6.45) is 3.99. The van der Waals surface area contributed by atoms with Crippen LogP contribution in [0.5, 0.6) is 0 Å². The second kappa shape index (κ2) is 8.86. The Morgan fingerprint density at radius 2 is 1.94 bits per heavy atom. The van der Waals surface area contributed by atoms with Crippen LogP contribution >= 0.6 is 0 Å². The molecular formula is C11H18N2O4. The minimum Gasteiger partial charge on any atom is -0.382 e. The average Bonchev–Trinajstić information content (AvgIpc) is 2.80. The van der Waals surface area contributed by atoms with Gasteiger partial charge < -0.3 is 14.2 Å². The van der Waals surface area contributed by atoms with Gasteiger partial charge in [0.25, 0.3) is 0 Å². The van der Waals surface area contributed by atoms with Crippen LogP contribution in [-0.4, -0.2) is 56.2 Å². The average molecular weight is 242 g/mol. The SMILES string of the molecule is COCCOCCOCCn1cc(C=O)cn1. The normalized spacial score (nSPS) is 10.6. The zero-order valence-electron chi connectivity index (χ0n) is 10.0. The summed E-state index contributed by atoms with van der Waals surface area (Å²) in [5.74, 6) is 0. The Kier molecular flexibility index (Phi) is 7.20. The molecule has 0 saturated heterocycles. The molecule has 1 aromatic heterocycles. The third-order valence-corrected chi connectivity index (χ3v) is 2.06. The number of carbonyl (C=O) groups excluding carboxylic acids is 1. The van der Waals surface area contributed by atoms with Crippen molar-refractivity contribution in [3.8, 4) is 0 Å². The number of aromatic nitrogens is 2. The smallest absolute Gasteiger partial charge is 0.153 e. The number of hydrogen-bond acceptors (Lipinski definition) is 5. The number of aldehydes is 1. The lowest BCUT2D eigenvalue weighted by Gasteiger charge is -2.05. The lowest BCUT2D eigenvalue weighted by molar-refractivity contribution is 0.0225. The second-order valence-corrected chi connectivity index (χ2v) is 3.37. The summed E-state index contributed by atoms with van der Waals surface area (Å²) in [6, 6.07) is 0. The van der Waals surface area contributed by atoms with Gasteiger partial charge in [0, 0.05) is 13.3 Å². The van der Waals surface area contributed by atoms with Crippen molar-refractivity contribution in [2.45, 2.75) is 6.54 Å². The molecule has 0 atom stereocenters. The van der Waals surface area contributed by atoms with Crippen LogP contribution in [0.1, 0.15) is 10.4 Å². The highest BCUT2D eigenvalue weighted by molar-refractivity contribution is 5.73. The predicted octanol–water partition coefficient (Wildman–Crippen LogP) is 0.375. The molecule has 0 aliphatic carbocycles. The Labute approximate surface area is 100 Å². The van der Waals surface area contributed by atoms with Gasteiger partial charge in [-0.1, -0.05) is 0 Å². The van der Waals surface area contributed by atoms with Gasteiger partial charge in [-0.25, -0.2) is 0 Å². The van der Waals surface area contributed by atoms with Crippen LogP contribution in [0, 0.1) is 0 Å². The molecule has 0 N–H and O–H groups in total. The van der Waals surface area contributed by atoms with Crippen LogP contribution in [0.25, 0.3) is 0 Å². The number of rotatable bonds is 10. The number of methoxy groups -OCH3 is 1. The molecule has 0 fully saturated rings. The van der Waals surface area contributed by atoms with Gasteiger partial charge in [-0.15, -0.1) is 0 Å².